The van der Waals surface area contributed by atoms with Crippen molar-refractivity contribution in [3.63, 3.8) is 0 Å². The number of ether oxygens (including phenoxy) is 2. The van der Waals surface area contributed by atoms with E-state index in [-0.39, 0.29) is 11.6 Å². The molecule has 2 rings (SSSR count). The summed E-state index contributed by atoms with van der Waals surface area (Å²) in [7, 11) is 2.00. The summed E-state index contributed by atoms with van der Waals surface area (Å²) in [6, 6.07) is 0.102. The monoisotopic (exact) mass is 359 g/mol. The standard InChI is InChI=1S/C15H26BrN3O2/c1-4-8-19-13(12(16)11-18-19)14(17-3)15(21-5-2)6-9-20-10-7-15/h11,14,17H,4-10H2,1-3H3. The topological polar surface area (TPSA) is 48.3 Å². The fourth-order valence-corrected chi connectivity index (χ4v) is 3.74. The predicted octanol–water partition coefficient (Wildman–Crippen LogP) is 2.90. The van der Waals surface area contributed by atoms with Gasteiger partial charge in [0.2, 0.25) is 0 Å². The summed E-state index contributed by atoms with van der Waals surface area (Å²) >= 11 is 3.66. The van der Waals surface area contributed by atoms with Crippen molar-refractivity contribution in [1.29, 1.82) is 0 Å². The van der Waals surface area contributed by atoms with Crippen LogP contribution in [-0.2, 0) is 16.0 Å². The second-order valence-corrected chi connectivity index (χ2v) is 6.29. The molecule has 1 unspecified atom stereocenters. The number of nitrogens with one attached hydrogen (secondary N) is 1. The molecule has 0 aromatic carbocycles. The van der Waals surface area contributed by atoms with Gasteiger partial charge >= 0.3 is 0 Å². The Morgan fingerprint density at radius 1 is 1.48 bits per heavy atom. The summed E-state index contributed by atoms with van der Waals surface area (Å²) in [5.74, 6) is 0. The van der Waals surface area contributed by atoms with Crippen LogP contribution in [0.2, 0.25) is 0 Å². The summed E-state index contributed by atoms with van der Waals surface area (Å²) in [4.78, 5) is 0. The molecule has 0 amide bonds. The highest BCUT2D eigenvalue weighted by molar-refractivity contribution is 9.10. The highest BCUT2D eigenvalue weighted by atomic mass is 79.9. The molecule has 6 heteroatoms. The molecule has 1 aliphatic heterocycles. The molecule has 0 aliphatic carbocycles. The van der Waals surface area contributed by atoms with Crippen molar-refractivity contribution in [2.45, 2.75) is 51.3 Å². The molecule has 0 radical (unpaired) electrons. The molecule has 1 saturated heterocycles. The van der Waals surface area contributed by atoms with Crippen molar-refractivity contribution in [3.05, 3.63) is 16.4 Å². The van der Waals surface area contributed by atoms with Crippen LogP contribution in [0.4, 0.5) is 0 Å². The Morgan fingerprint density at radius 3 is 2.76 bits per heavy atom. The molecule has 21 heavy (non-hydrogen) atoms. The van der Waals surface area contributed by atoms with Gasteiger partial charge in [0.15, 0.2) is 0 Å². The zero-order valence-corrected chi connectivity index (χ0v) is 14.8. The fourth-order valence-electron chi connectivity index (χ4n) is 3.22. The highest BCUT2D eigenvalue weighted by Crippen LogP contribution is 2.40. The van der Waals surface area contributed by atoms with E-state index in [1.165, 1.54) is 5.69 Å². The lowest BCUT2D eigenvalue weighted by molar-refractivity contribution is -0.128. The molecular weight excluding hydrogens is 334 g/mol. The predicted molar refractivity (Wildman–Crippen MR) is 86.4 cm³/mol. The lowest BCUT2D eigenvalue weighted by atomic mass is 9.84. The van der Waals surface area contributed by atoms with Crippen LogP contribution in [0, 0.1) is 0 Å². The van der Waals surface area contributed by atoms with E-state index in [9.17, 15) is 0 Å². The number of hydrogen-bond acceptors (Lipinski definition) is 4. The van der Waals surface area contributed by atoms with Crippen LogP contribution in [-0.4, -0.2) is 42.2 Å². The average molecular weight is 360 g/mol. The van der Waals surface area contributed by atoms with Crippen LogP contribution >= 0.6 is 15.9 Å². The van der Waals surface area contributed by atoms with Gasteiger partial charge in [-0.1, -0.05) is 6.92 Å². The second kappa shape index (κ2) is 7.72. The highest BCUT2D eigenvalue weighted by Gasteiger charge is 2.43. The smallest absolute Gasteiger partial charge is 0.0935 e. The van der Waals surface area contributed by atoms with Gasteiger partial charge in [0.1, 0.15) is 0 Å². The van der Waals surface area contributed by atoms with E-state index in [0.717, 1.165) is 43.5 Å². The summed E-state index contributed by atoms with van der Waals surface area (Å²) in [5, 5.41) is 7.97. The first kappa shape index (κ1) is 16.9. The van der Waals surface area contributed by atoms with Gasteiger partial charge in [-0.2, -0.15) is 5.10 Å². The van der Waals surface area contributed by atoms with Gasteiger partial charge in [-0.25, -0.2) is 0 Å². The summed E-state index contributed by atoms with van der Waals surface area (Å²) < 4.78 is 14.9. The van der Waals surface area contributed by atoms with Crippen molar-refractivity contribution < 1.29 is 9.47 Å². The molecule has 5 nitrogen and oxygen atoms in total. The molecule has 0 spiro atoms. The second-order valence-electron chi connectivity index (χ2n) is 5.43. The first-order valence-corrected chi connectivity index (χ1v) is 8.58. The maximum atomic E-state index is 6.23. The Bertz CT molecular complexity index is 439. The third-order valence-electron chi connectivity index (χ3n) is 4.13. The van der Waals surface area contributed by atoms with Gasteiger partial charge in [-0.15, -0.1) is 0 Å². The molecular formula is C15H26BrN3O2. The zero-order chi connectivity index (χ0) is 15.3. The van der Waals surface area contributed by atoms with Gasteiger partial charge < -0.3 is 14.8 Å². The van der Waals surface area contributed by atoms with E-state index >= 15 is 0 Å². The molecule has 120 valence electrons. The van der Waals surface area contributed by atoms with E-state index in [0.29, 0.717) is 6.61 Å². The Labute approximate surface area is 135 Å². The molecule has 2 heterocycles. The Kier molecular flexibility index (Phi) is 6.22. The fraction of sp³-hybridized carbons (Fsp3) is 0.800. The maximum Gasteiger partial charge on any atom is 0.0935 e. The zero-order valence-electron chi connectivity index (χ0n) is 13.2. The normalized spacial score (nSPS) is 19.6. The van der Waals surface area contributed by atoms with Crippen molar-refractivity contribution in [2.24, 2.45) is 0 Å². The van der Waals surface area contributed by atoms with E-state index in [1.54, 1.807) is 0 Å². The average Bonchev–Trinajstić information content (AvgIpc) is 2.83. The number of halogens is 1. The first-order chi connectivity index (χ1) is 10.2. The van der Waals surface area contributed by atoms with Crippen molar-refractivity contribution >= 4 is 15.9 Å². The number of aromatic nitrogens is 2. The van der Waals surface area contributed by atoms with E-state index in [1.807, 2.05) is 13.2 Å². The van der Waals surface area contributed by atoms with Gasteiger partial charge in [0.25, 0.3) is 0 Å². The number of likely N-dealkylation sites (N-methyl/N-ethyl adjacent to an activating group) is 1. The quantitative estimate of drug-likeness (QED) is 0.812. The Balaban J connectivity index is 2.38. The van der Waals surface area contributed by atoms with Crippen molar-refractivity contribution in [3.8, 4) is 0 Å². The van der Waals surface area contributed by atoms with Crippen LogP contribution in [0.25, 0.3) is 0 Å². The van der Waals surface area contributed by atoms with E-state index in [2.05, 4.69) is 44.9 Å². The van der Waals surface area contributed by atoms with E-state index < -0.39 is 0 Å². The largest absolute Gasteiger partial charge is 0.381 e. The van der Waals surface area contributed by atoms with Crippen LogP contribution in [0.5, 0.6) is 0 Å². The minimum Gasteiger partial charge on any atom is -0.381 e. The molecule has 0 saturated carbocycles. The number of nitrogens with zero attached hydrogens (tertiary/aromatic N) is 2. The van der Waals surface area contributed by atoms with Crippen LogP contribution < -0.4 is 5.32 Å². The van der Waals surface area contributed by atoms with Crippen LogP contribution in [0.1, 0.15) is 44.8 Å². The van der Waals surface area contributed by atoms with Gasteiger partial charge in [0, 0.05) is 39.2 Å². The molecule has 1 aromatic rings. The first-order valence-electron chi connectivity index (χ1n) is 7.78. The summed E-state index contributed by atoms with van der Waals surface area (Å²) in [5.41, 5.74) is 0.949. The minimum absolute atomic E-state index is 0.102. The van der Waals surface area contributed by atoms with Gasteiger partial charge in [-0.3, -0.25) is 4.68 Å². The van der Waals surface area contributed by atoms with Crippen molar-refractivity contribution in [1.82, 2.24) is 15.1 Å². The molecule has 1 atom stereocenters. The number of aryl methyl sites for hydroxylation is 1. The maximum absolute atomic E-state index is 6.23. The summed E-state index contributed by atoms with van der Waals surface area (Å²) in [6.07, 6.45) is 4.74. The third kappa shape index (κ3) is 3.50. The Morgan fingerprint density at radius 2 is 2.19 bits per heavy atom. The number of hydrogen-bond donors (Lipinski definition) is 1. The van der Waals surface area contributed by atoms with Crippen molar-refractivity contribution in [2.75, 3.05) is 26.9 Å². The molecule has 1 aromatic heterocycles. The summed E-state index contributed by atoms with van der Waals surface area (Å²) in [6.45, 7) is 7.34. The minimum atomic E-state index is -0.226. The Hall–Kier alpha value is -0.430. The van der Waals surface area contributed by atoms with Crippen LogP contribution in [0.3, 0.4) is 0 Å². The molecule has 1 aliphatic rings. The van der Waals surface area contributed by atoms with Gasteiger partial charge in [0.05, 0.1) is 28.0 Å². The third-order valence-corrected chi connectivity index (χ3v) is 4.74. The lowest BCUT2D eigenvalue weighted by Gasteiger charge is -2.43. The number of rotatable bonds is 7. The molecule has 1 fully saturated rings. The SMILES string of the molecule is CCCn1ncc(Br)c1C(NC)C1(OCC)CCOCC1. The molecule has 0 bridgehead atoms. The molecule has 1 N–H and O–H groups in total. The lowest BCUT2D eigenvalue weighted by Crippen LogP contribution is -2.50. The van der Waals surface area contributed by atoms with E-state index in [4.69, 9.17) is 9.47 Å². The van der Waals surface area contributed by atoms with Gasteiger partial charge in [-0.05, 0) is 36.3 Å². The van der Waals surface area contributed by atoms with Crippen LogP contribution in [0.15, 0.2) is 10.7 Å².